The van der Waals surface area contributed by atoms with E-state index in [4.69, 9.17) is 0 Å². The maximum absolute atomic E-state index is 2.38. The molecular weight excluding hydrogens is 757 g/mol. The predicted octanol–water partition coefficient (Wildman–Crippen LogP) is 17.4. The van der Waals surface area contributed by atoms with Crippen LogP contribution in [0.25, 0.3) is 109 Å². The molecule has 0 spiro atoms. The van der Waals surface area contributed by atoms with E-state index in [2.05, 4.69) is 243 Å². The summed E-state index contributed by atoms with van der Waals surface area (Å²) in [5.74, 6) is 0. The molecule has 0 aliphatic carbocycles. The molecule has 0 amide bonds. The predicted molar refractivity (Wildman–Crippen MR) is 270 cm³/mol. The Hall–Kier alpha value is -8.06. The van der Waals surface area contributed by atoms with Crippen molar-refractivity contribution in [2.24, 2.45) is 0 Å². The third-order valence-corrected chi connectivity index (χ3v) is 13.0. The molecule has 12 aromatic carbocycles. The molecule has 0 aromatic heterocycles. The maximum atomic E-state index is 2.38. The molecule has 12 aromatic rings. The van der Waals surface area contributed by atoms with Crippen LogP contribution in [0.1, 0.15) is 11.1 Å². The zero-order valence-electron chi connectivity index (χ0n) is 34.8. The minimum Gasteiger partial charge on any atom is -0.0622 e. The second-order valence-electron chi connectivity index (χ2n) is 16.8. The molecule has 0 fully saturated rings. The zero-order valence-corrected chi connectivity index (χ0v) is 34.8. The van der Waals surface area contributed by atoms with Gasteiger partial charge in [0.25, 0.3) is 0 Å². The summed E-state index contributed by atoms with van der Waals surface area (Å²) < 4.78 is 0. The standard InChI is InChI=1S/C63H42/c1-3-16-42(17-4-1)38-43-18-15-21-50(39-43)62-56-26-11-9-24-54(56)61(55-25-10-12-27-57(55)62)46-32-30-44(31-33-46)47-34-35-49-41-51(37-36-48(49)40-47)63-58-28-13-7-22-52(58)60(45-19-5-2-6-20-45)53-23-8-14-29-59(53)63/h1-37,39-41H,38H2. The van der Waals surface area contributed by atoms with Crippen LogP contribution >= 0.6 is 0 Å². The molecule has 0 saturated carbocycles. The first-order valence-electron chi connectivity index (χ1n) is 22.0. The van der Waals surface area contributed by atoms with E-state index in [-0.39, 0.29) is 0 Å². The van der Waals surface area contributed by atoms with Gasteiger partial charge in [0.2, 0.25) is 0 Å². The van der Waals surface area contributed by atoms with Gasteiger partial charge in [-0.3, -0.25) is 0 Å². The summed E-state index contributed by atoms with van der Waals surface area (Å²) in [5.41, 5.74) is 15.2. The molecule has 0 aliphatic heterocycles. The summed E-state index contributed by atoms with van der Waals surface area (Å²) in [6.07, 6.45) is 0.909. The van der Waals surface area contributed by atoms with Gasteiger partial charge < -0.3 is 0 Å². The van der Waals surface area contributed by atoms with Gasteiger partial charge in [-0.2, -0.15) is 0 Å². The van der Waals surface area contributed by atoms with Crippen molar-refractivity contribution < 1.29 is 0 Å². The van der Waals surface area contributed by atoms with Crippen molar-refractivity contribution in [3.8, 4) is 55.6 Å². The Balaban J connectivity index is 0.918. The van der Waals surface area contributed by atoms with E-state index < -0.39 is 0 Å². The molecule has 0 N–H and O–H groups in total. The molecular formula is C63H42. The lowest BCUT2D eigenvalue weighted by molar-refractivity contribution is 1.19. The second-order valence-corrected chi connectivity index (χ2v) is 16.8. The molecule has 0 atom stereocenters. The van der Waals surface area contributed by atoms with Gasteiger partial charge in [0.15, 0.2) is 0 Å². The molecule has 0 aliphatic rings. The quantitative estimate of drug-likeness (QED) is 0.141. The third kappa shape index (κ3) is 6.47. The molecule has 0 heteroatoms. The van der Waals surface area contributed by atoms with Crippen LogP contribution in [0.5, 0.6) is 0 Å². The molecule has 0 bridgehead atoms. The lowest BCUT2D eigenvalue weighted by Gasteiger charge is -2.18. The van der Waals surface area contributed by atoms with Crippen LogP contribution in [0.4, 0.5) is 0 Å². The highest BCUT2D eigenvalue weighted by molar-refractivity contribution is 6.23. The Morgan fingerprint density at radius 1 is 0.190 bits per heavy atom. The first kappa shape index (κ1) is 36.8. The van der Waals surface area contributed by atoms with E-state index >= 15 is 0 Å². The molecule has 294 valence electrons. The van der Waals surface area contributed by atoms with Crippen molar-refractivity contribution in [1.82, 2.24) is 0 Å². The highest BCUT2D eigenvalue weighted by Gasteiger charge is 2.19. The third-order valence-electron chi connectivity index (χ3n) is 13.0. The SMILES string of the molecule is c1ccc(Cc2cccc(-c3c4ccccc4c(-c4ccc(-c5ccc6cc(-c7c8ccccc8c(-c8ccccc8)c8ccccc78)ccc6c5)cc4)c4ccccc34)c2)cc1. The summed E-state index contributed by atoms with van der Waals surface area (Å²) in [6, 6.07) is 89.5. The summed E-state index contributed by atoms with van der Waals surface area (Å²) >= 11 is 0. The van der Waals surface area contributed by atoms with Crippen LogP contribution in [0.15, 0.2) is 243 Å². The molecule has 0 heterocycles. The highest BCUT2D eigenvalue weighted by atomic mass is 14.2. The van der Waals surface area contributed by atoms with Crippen LogP contribution in [-0.4, -0.2) is 0 Å². The average Bonchev–Trinajstić information content (AvgIpc) is 3.35. The molecule has 63 heavy (non-hydrogen) atoms. The smallest absolute Gasteiger partial charge is 0.00256 e. The first-order valence-corrected chi connectivity index (χ1v) is 22.0. The van der Waals surface area contributed by atoms with Crippen LogP contribution in [0.3, 0.4) is 0 Å². The van der Waals surface area contributed by atoms with E-state index in [0.717, 1.165) is 6.42 Å². The van der Waals surface area contributed by atoms with Gasteiger partial charge in [-0.1, -0.05) is 231 Å². The number of hydrogen-bond donors (Lipinski definition) is 0. The fraction of sp³-hybridized carbons (Fsp3) is 0.0159. The first-order chi connectivity index (χ1) is 31.2. The molecule has 0 unspecified atom stereocenters. The Labute approximate surface area is 368 Å². The minimum absolute atomic E-state index is 0.909. The maximum Gasteiger partial charge on any atom is -0.00256 e. The van der Waals surface area contributed by atoms with E-state index in [1.165, 1.54) is 121 Å². The lowest BCUT2D eigenvalue weighted by atomic mass is 9.85. The van der Waals surface area contributed by atoms with E-state index in [1.807, 2.05) is 0 Å². The van der Waals surface area contributed by atoms with Crippen LogP contribution < -0.4 is 0 Å². The summed E-state index contributed by atoms with van der Waals surface area (Å²) in [6.45, 7) is 0. The van der Waals surface area contributed by atoms with Gasteiger partial charge in [-0.15, -0.1) is 0 Å². The molecule has 12 rings (SSSR count). The fourth-order valence-electron chi connectivity index (χ4n) is 10.2. The van der Waals surface area contributed by atoms with Gasteiger partial charge in [-0.05, 0) is 139 Å². The minimum atomic E-state index is 0.909. The number of benzene rings is 12. The van der Waals surface area contributed by atoms with Gasteiger partial charge >= 0.3 is 0 Å². The number of rotatable bonds is 7. The van der Waals surface area contributed by atoms with Crippen molar-refractivity contribution in [3.63, 3.8) is 0 Å². The van der Waals surface area contributed by atoms with Crippen molar-refractivity contribution in [2.45, 2.75) is 6.42 Å². The number of fused-ring (bicyclic) bond motifs is 5. The fourth-order valence-corrected chi connectivity index (χ4v) is 10.2. The second kappa shape index (κ2) is 15.4. The highest BCUT2D eigenvalue weighted by Crippen LogP contribution is 2.46. The van der Waals surface area contributed by atoms with Crippen molar-refractivity contribution in [1.29, 1.82) is 0 Å². The van der Waals surface area contributed by atoms with E-state index in [0.29, 0.717) is 0 Å². The monoisotopic (exact) mass is 798 g/mol. The van der Waals surface area contributed by atoms with Gasteiger partial charge in [0.05, 0.1) is 0 Å². The molecule has 0 saturated heterocycles. The van der Waals surface area contributed by atoms with E-state index in [9.17, 15) is 0 Å². The number of hydrogen-bond acceptors (Lipinski definition) is 0. The van der Waals surface area contributed by atoms with Gasteiger partial charge in [0, 0.05) is 0 Å². The lowest BCUT2D eigenvalue weighted by Crippen LogP contribution is -1.92. The van der Waals surface area contributed by atoms with Crippen LogP contribution in [-0.2, 0) is 6.42 Å². The van der Waals surface area contributed by atoms with Crippen molar-refractivity contribution in [3.05, 3.63) is 254 Å². The van der Waals surface area contributed by atoms with Gasteiger partial charge in [0.1, 0.15) is 0 Å². The van der Waals surface area contributed by atoms with E-state index in [1.54, 1.807) is 0 Å². The Morgan fingerprint density at radius 3 is 1.00 bits per heavy atom. The zero-order chi connectivity index (χ0) is 41.7. The molecule has 0 radical (unpaired) electrons. The topological polar surface area (TPSA) is 0 Å². The Kier molecular flexibility index (Phi) is 9.01. The summed E-state index contributed by atoms with van der Waals surface area (Å²) in [5, 5.41) is 12.6. The molecule has 0 nitrogen and oxygen atoms in total. The van der Waals surface area contributed by atoms with Crippen molar-refractivity contribution >= 4 is 53.9 Å². The van der Waals surface area contributed by atoms with Crippen LogP contribution in [0, 0.1) is 0 Å². The normalized spacial score (nSPS) is 11.6. The van der Waals surface area contributed by atoms with Crippen LogP contribution in [0.2, 0.25) is 0 Å². The summed E-state index contributed by atoms with van der Waals surface area (Å²) in [7, 11) is 0. The Bertz CT molecular complexity index is 3560. The summed E-state index contributed by atoms with van der Waals surface area (Å²) in [4.78, 5) is 0. The Morgan fingerprint density at radius 2 is 0.508 bits per heavy atom. The average molecular weight is 799 g/mol. The van der Waals surface area contributed by atoms with Gasteiger partial charge in [-0.25, -0.2) is 0 Å². The van der Waals surface area contributed by atoms with Crippen molar-refractivity contribution in [2.75, 3.05) is 0 Å². The largest absolute Gasteiger partial charge is 0.0622 e.